The summed E-state index contributed by atoms with van der Waals surface area (Å²) in [5, 5.41) is 0.628. The van der Waals surface area contributed by atoms with Gasteiger partial charge in [0.1, 0.15) is 12.3 Å². The van der Waals surface area contributed by atoms with Crippen molar-refractivity contribution in [3.05, 3.63) is 86.9 Å². The minimum Gasteiger partial charge on any atom is -0.456 e. The summed E-state index contributed by atoms with van der Waals surface area (Å²) in [4.78, 5) is 28.3. The van der Waals surface area contributed by atoms with Crippen molar-refractivity contribution < 1.29 is 9.53 Å². The zero-order valence-corrected chi connectivity index (χ0v) is 14.2. The lowest BCUT2D eigenvalue weighted by Gasteiger charge is -2.06. The second-order valence-electron chi connectivity index (χ2n) is 5.46. The van der Waals surface area contributed by atoms with Crippen molar-refractivity contribution in [2.45, 2.75) is 13.5 Å². The summed E-state index contributed by atoms with van der Waals surface area (Å²) in [6, 6.07) is 12.1. The minimum absolute atomic E-state index is 0.0656. The number of esters is 1. The fourth-order valence-electron chi connectivity index (χ4n) is 2.31. The molecule has 0 saturated heterocycles. The van der Waals surface area contributed by atoms with E-state index in [-0.39, 0.29) is 12.2 Å². The molecule has 0 saturated carbocycles. The molecule has 0 fully saturated rings. The number of carbonyl (C=O) groups excluding carboxylic acids is 1. The Bertz CT molecular complexity index is 1010. The molecule has 0 aliphatic heterocycles. The van der Waals surface area contributed by atoms with Crippen LogP contribution in [0.1, 0.15) is 16.8 Å². The van der Waals surface area contributed by atoms with E-state index in [9.17, 15) is 9.59 Å². The number of nitrogens with zero attached hydrogens (tertiary/aromatic N) is 2. The van der Waals surface area contributed by atoms with E-state index in [0.717, 1.165) is 11.1 Å². The zero-order chi connectivity index (χ0) is 17.8. The van der Waals surface area contributed by atoms with Crippen LogP contribution in [0.3, 0.4) is 0 Å². The highest BCUT2D eigenvalue weighted by molar-refractivity contribution is 6.30. The summed E-state index contributed by atoms with van der Waals surface area (Å²) >= 11 is 5.81. The van der Waals surface area contributed by atoms with Gasteiger partial charge in [-0.05, 0) is 42.3 Å². The average Bonchev–Trinajstić information content (AvgIpc) is 2.60. The van der Waals surface area contributed by atoms with E-state index in [2.05, 4.69) is 4.98 Å². The van der Waals surface area contributed by atoms with Crippen LogP contribution in [-0.2, 0) is 16.1 Å². The molecule has 0 spiro atoms. The number of halogens is 1. The van der Waals surface area contributed by atoms with Crippen LogP contribution < -0.4 is 5.56 Å². The molecular weight excluding hydrogens is 340 g/mol. The summed E-state index contributed by atoms with van der Waals surface area (Å²) in [6.07, 6.45) is 4.61. The smallest absolute Gasteiger partial charge is 0.331 e. The van der Waals surface area contributed by atoms with Gasteiger partial charge in [0.2, 0.25) is 0 Å². The van der Waals surface area contributed by atoms with Gasteiger partial charge in [-0.2, -0.15) is 0 Å². The number of fused-ring (bicyclic) bond motifs is 1. The third kappa shape index (κ3) is 4.14. The van der Waals surface area contributed by atoms with E-state index in [0.29, 0.717) is 16.4 Å². The predicted octanol–water partition coefficient (Wildman–Crippen LogP) is 3.41. The largest absolute Gasteiger partial charge is 0.456 e. The topological polar surface area (TPSA) is 60.7 Å². The molecule has 6 heteroatoms. The second-order valence-corrected chi connectivity index (χ2v) is 5.90. The molecule has 1 aromatic carbocycles. The molecule has 2 aromatic heterocycles. The van der Waals surface area contributed by atoms with Crippen LogP contribution in [0.25, 0.3) is 11.7 Å². The van der Waals surface area contributed by atoms with Gasteiger partial charge in [0.15, 0.2) is 0 Å². The fourth-order valence-corrected chi connectivity index (χ4v) is 2.44. The lowest BCUT2D eigenvalue weighted by molar-refractivity contribution is -0.139. The molecule has 0 aliphatic carbocycles. The molecule has 0 amide bonds. The minimum atomic E-state index is -0.512. The SMILES string of the molecule is Cc1cccn2c(=O)cc(COC(=O)/C=C/c3ccc(Cl)cc3)nc12. The Morgan fingerprint density at radius 3 is 2.80 bits per heavy atom. The standard InChI is InChI=1S/C19H15ClN2O3/c1-13-3-2-10-22-17(23)11-16(21-19(13)22)12-25-18(24)9-6-14-4-7-15(20)8-5-14/h2-11H,12H2,1H3/b9-6+. The summed E-state index contributed by atoms with van der Waals surface area (Å²) in [7, 11) is 0. The Hall–Kier alpha value is -2.92. The Kier molecular flexibility index (Phi) is 4.95. The van der Waals surface area contributed by atoms with Crippen molar-refractivity contribution in [3.63, 3.8) is 0 Å². The van der Waals surface area contributed by atoms with Crippen molar-refractivity contribution in [3.8, 4) is 0 Å². The van der Waals surface area contributed by atoms with Crippen LogP contribution in [0.2, 0.25) is 5.02 Å². The predicted molar refractivity (Wildman–Crippen MR) is 96.5 cm³/mol. The first kappa shape index (κ1) is 16.9. The van der Waals surface area contributed by atoms with Crippen molar-refractivity contribution in [2.24, 2.45) is 0 Å². The third-order valence-corrected chi connectivity index (χ3v) is 3.84. The normalized spacial score (nSPS) is 11.1. The maximum absolute atomic E-state index is 12.1. The van der Waals surface area contributed by atoms with Crippen LogP contribution in [0.4, 0.5) is 0 Å². The Morgan fingerprint density at radius 1 is 1.28 bits per heavy atom. The van der Waals surface area contributed by atoms with E-state index in [4.69, 9.17) is 16.3 Å². The summed E-state index contributed by atoms with van der Waals surface area (Å²) < 4.78 is 6.61. The first-order valence-electron chi connectivity index (χ1n) is 7.61. The fraction of sp³-hybridized carbons (Fsp3) is 0.105. The Labute approximate surface area is 149 Å². The maximum Gasteiger partial charge on any atom is 0.331 e. The maximum atomic E-state index is 12.1. The molecule has 0 atom stereocenters. The molecule has 0 N–H and O–H groups in total. The van der Waals surface area contributed by atoms with Gasteiger partial charge in [0.25, 0.3) is 5.56 Å². The molecule has 5 nitrogen and oxygen atoms in total. The van der Waals surface area contributed by atoms with Gasteiger partial charge < -0.3 is 4.74 Å². The van der Waals surface area contributed by atoms with Crippen molar-refractivity contribution >= 4 is 29.3 Å². The molecule has 126 valence electrons. The van der Waals surface area contributed by atoms with E-state index in [1.54, 1.807) is 42.6 Å². The monoisotopic (exact) mass is 354 g/mol. The second kappa shape index (κ2) is 7.32. The van der Waals surface area contributed by atoms with Crippen LogP contribution in [-0.4, -0.2) is 15.4 Å². The number of aromatic nitrogens is 2. The lowest BCUT2D eigenvalue weighted by Crippen LogP contribution is -2.17. The molecule has 0 aliphatic rings. The van der Waals surface area contributed by atoms with Gasteiger partial charge in [-0.15, -0.1) is 0 Å². The Morgan fingerprint density at radius 2 is 2.04 bits per heavy atom. The highest BCUT2D eigenvalue weighted by atomic mass is 35.5. The number of rotatable bonds is 4. The van der Waals surface area contributed by atoms with Gasteiger partial charge in [-0.1, -0.05) is 29.8 Å². The van der Waals surface area contributed by atoms with Crippen molar-refractivity contribution in [2.75, 3.05) is 0 Å². The van der Waals surface area contributed by atoms with Gasteiger partial charge in [0.05, 0.1) is 5.69 Å². The number of pyridine rings is 1. The van der Waals surface area contributed by atoms with Gasteiger partial charge in [-0.25, -0.2) is 9.78 Å². The molecular formula is C19H15ClN2O3. The van der Waals surface area contributed by atoms with E-state index < -0.39 is 5.97 Å². The molecule has 2 heterocycles. The van der Waals surface area contributed by atoms with Gasteiger partial charge in [-0.3, -0.25) is 9.20 Å². The summed E-state index contributed by atoms with van der Waals surface area (Å²) in [5.41, 5.74) is 2.45. The third-order valence-electron chi connectivity index (χ3n) is 3.58. The number of ether oxygens (including phenoxy) is 1. The van der Waals surface area contributed by atoms with E-state index >= 15 is 0 Å². The zero-order valence-electron chi connectivity index (χ0n) is 13.5. The lowest BCUT2D eigenvalue weighted by atomic mass is 10.2. The highest BCUT2D eigenvalue weighted by Gasteiger charge is 2.06. The number of hydrogen-bond donors (Lipinski definition) is 0. The van der Waals surface area contributed by atoms with E-state index in [1.165, 1.54) is 16.5 Å². The van der Waals surface area contributed by atoms with Crippen LogP contribution in [0.15, 0.2) is 59.5 Å². The Balaban J connectivity index is 1.70. The molecule has 25 heavy (non-hydrogen) atoms. The molecule has 3 rings (SSSR count). The van der Waals surface area contributed by atoms with Crippen molar-refractivity contribution in [1.82, 2.24) is 9.38 Å². The molecule has 3 aromatic rings. The summed E-state index contributed by atoms with van der Waals surface area (Å²) in [6.45, 7) is 1.80. The number of carbonyl (C=O) groups is 1. The van der Waals surface area contributed by atoms with Crippen LogP contribution in [0, 0.1) is 6.92 Å². The number of hydrogen-bond acceptors (Lipinski definition) is 4. The number of aryl methyl sites for hydroxylation is 1. The summed E-state index contributed by atoms with van der Waals surface area (Å²) in [5.74, 6) is -0.512. The van der Waals surface area contributed by atoms with Gasteiger partial charge >= 0.3 is 5.97 Å². The van der Waals surface area contributed by atoms with Crippen molar-refractivity contribution in [1.29, 1.82) is 0 Å². The molecule has 0 radical (unpaired) electrons. The highest BCUT2D eigenvalue weighted by Crippen LogP contribution is 2.11. The van der Waals surface area contributed by atoms with E-state index in [1.807, 2.05) is 13.0 Å². The quantitative estimate of drug-likeness (QED) is 0.532. The first-order valence-corrected chi connectivity index (χ1v) is 7.99. The molecule has 0 bridgehead atoms. The first-order chi connectivity index (χ1) is 12.0. The van der Waals surface area contributed by atoms with Crippen LogP contribution in [0.5, 0.6) is 0 Å². The van der Waals surface area contributed by atoms with Gasteiger partial charge in [0, 0.05) is 23.4 Å². The number of benzene rings is 1. The molecule has 0 unspecified atom stereocenters. The average molecular weight is 355 g/mol. The van der Waals surface area contributed by atoms with Crippen LogP contribution >= 0.6 is 11.6 Å².